The highest BCUT2D eigenvalue weighted by Gasteiger charge is 2.30. The summed E-state index contributed by atoms with van der Waals surface area (Å²) >= 11 is 0. The zero-order valence-electron chi connectivity index (χ0n) is 11.1. The number of nitrogens with zero attached hydrogens (tertiary/aromatic N) is 1. The molecule has 1 fully saturated rings. The molecule has 0 aliphatic carbocycles. The van der Waals surface area contributed by atoms with Crippen molar-refractivity contribution in [3.05, 3.63) is 23.8 Å². The molecule has 1 aliphatic heterocycles. The Balaban J connectivity index is 2.38. The van der Waals surface area contributed by atoms with Crippen LogP contribution in [-0.4, -0.2) is 31.6 Å². The summed E-state index contributed by atoms with van der Waals surface area (Å²) in [6, 6.07) is 5.83. The van der Waals surface area contributed by atoms with Gasteiger partial charge in [0, 0.05) is 19.0 Å². The molecule has 18 heavy (non-hydrogen) atoms. The Labute approximate surface area is 107 Å². The molecule has 0 bridgehead atoms. The lowest BCUT2D eigenvalue weighted by Gasteiger charge is -2.25. The number of likely N-dealkylation sites (tertiary alicyclic amines) is 1. The van der Waals surface area contributed by atoms with Crippen molar-refractivity contribution in [2.24, 2.45) is 0 Å². The van der Waals surface area contributed by atoms with Crippen LogP contribution < -0.4 is 9.47 Å². The summed E-state index contributed by atoms with van der Waals surface area (Å²) in [5, 5.41) is 0. The van der Waals surface area contributed by atoms with Crippen molar-refractivity contribution < 1.29 is 14.3 Å². The summed E-state index contributed by atoms with van der Waals surface area (Å²) in [4.78, 5) is 13.5. The molecule has 0 radical (unpaired) electrons. The molecule has 0 N–H and O–H groups in total. The number of benzene rings is 1. The van der Waals surface area contributed by atoms with Crippen molar-refractivity contribution in [1.82, 2.24) is 4.90 Å². The van der Waals surface area contributed by atoms with Crippen LogP contribution in [-0.2, 0) is 4.79 Å². The van der Waals surface area contributed by atoms with E-state index in [1.165, 1.54) is 0 Å². The number of hydrogen-bond acceptors (Lipinski definition) is 3. The molecular weight excluding hydrogens is 230 g/mol. The molecule has 0 aromatic heterocycles. The summed E-state index contributed by atoms with van der Waals surface area (Å²) < 4.78 is 10.6. The van der Waals surface area contributed by atoms with Gasteiger partial charge >= 0.3 is 0 Å². The zero-order valence-corrected chi connectivity index (χ0v) is 11.1. The number of amides is 1. The van der Waals surface area contributed by atoms with Gasteiger partial charge in [0.1, 0.15) is 11.5 Å². The van der Waals surface area contributed by atoms with Gasteiger partial charge in [0.05, 0.1) is 20.3 Å². The molecule has 2 rings (SSSR count). The van der Waals surface area contributed by atoms with Crippen LogP contribution in [0.15, 0.2) is 18.2 Å². The van der Waals surface area contributed by atoms with Crippen LogP contribution in [0.3, 0.4) is 0 Å². The third-order valence-electron chi connectivity index (χ3n) is 3.45. The second-order valence-corrected chi connectivity index (χ2v) is 4.48. The summed E-state index contributed by atoms with van der Waals surface area (Å²) in [7, 11) is 3.29. The standard InChI is InChI=1S/C14H19NO3/c1-10(16)15-8-4-5-13(15)12-9-11(17-2)6-7-14(12)18-3/h6-7,9,13H,4-5,8H2,1-3H3/t13-/m1/s1. The number of carbonyl (C=O) groups excluding carboxylic acids is 1. The Morgan fingerprint density at radius 3 is 2.72 bits per heavy atom. The minimum absolute atomic E-state index is 0.104. The van der Waals surface area contributed by atoms with Gasteiger partial charge in [0.2, 0.25) is 5.91 Å². The van der Waals surface area contributed by atoms with Gasteiger partial charge < -0.3 is 14.4 Å². The first kappa shape index (κ1) is 12.7. The van der Waals surface area contributed by atoms with E-state index in [0.717, 1.165) is 36.4 Å². The maximum absolute atomic E-state index is 11.6. The van der Waals surface area contributed by atoms with Crippen LogP contribution in [0.1, 0.15) is 31.4 Å². The average molecular weight is 249 g/mol. The monoisotopic (exact) mass is 249 g/mol. The van der Waals surface area contributed by atoms with E-state index in [1.54, 1.807) is 21.1 Å². The Morgan fingerprint density at radius 2 is 2.11 bits per heavy atom. The first-order chi connectivity index (χ1) is 8.67. The lowest BCUT2D eigenvalue weighted by atomic mass is 10.0. The van der Waals surface area contributed by atoms with E-state index in [2.05, 4.69) is 0 Å². The lowest BCUT2D eigenvalue weighted by molar-refractivity contribution is -0.129. The fraction of sp³-hybridized carbons (Fsp3) is 0.500. The van der Waals surface area contributed by atoms with Gasteiger partial charge in [0.15, 0.2) is 0 Å². The van der Waals surface area contributed by atoms with Crippen molar-refractivity contribution >= 4 is 5.91 Å². The van der Waals surface area contributed by atoms with Crippen molar-refractivity contribution in [1.29, 1.82) is 0 Å². The molecule has 0 unspecified atom stereocenters. The van der Waals surface area contributed by atoms with Crippen LogP contribution >= 0.6 is 0 Å². The number of rotatable bonds is 3. The van der Waals surface area contributed by atoms with E-state index < -0.39 is 0 Å². The predicted octanol–water partition coefficient (Wildman–Crippen LogP) is 2.39. The van der Waals surface area contributed by atoms with Gasteiger partial charge in [-0.05, 0) is 31.0 Å². The van der Waals surface area contributed by atoms with Crippen molar-refractivity contribution in [2.45, 2.75) is 25.8 Å². The second kappa shape index (κ2) is 5.29. The van der Waals surface area contributed by atoms with Crippen LogP contribution in [0.2, 0.25) is 0 Å². The highest BCUT2D eigenvalue weighted by atomic mass is 16.5. The molecule has 0 saturated carbocycles. The topological polar surface area (TPSA) is 38.8 Å². The summed E-state index contributed by atoms with van der Waals surface area (Å²) in [6.45, 7) is 2.44. The van der Waals surface area contributed by atoms with Crippen LogP contribution in [0.4, 0.5) is 0 Å². The minimum Gasteiger partial charge on any atom is -0.497 e. The van der Waals surface area contributed by atoms with Gasteiger partial charge in [0.25, 0.3) is 0 Å². The minimum atomic E-state index is 0.104. The van der Waals surface area contributed by atoms with Crippen molar-refractivity contribution in [2.75, 3.05) is 20.8 Å². The SMILES string of the molecule is COc1ccc(OC)c([C@H]2CCCN2C(C)=O)c1. The summed E-state index contributed by atoms with van der Waals surface area (Å²) in [5.74, 6) is 1.72. The molecule has 98 valence electrons. The van der Waals surface area contributed by atoms with Crippen LogP contribution in [0, 0.1) is 0 Å². The fourth-order valence-electron chi connectivity index (χ4n) is 2.57. The normalized spacial score (nSPS) is 18.8. The molecule has 1 atom stereocenters. The highest BCUT2D eigenvalue weighted by molar-refractivity contribution is 5.74. The Kier molecular flexibility index (Phi) is 3.75. The Bertz CT molecular complexity index is 445. The summed E-state index contributed by atoms with van der Waals surface area (Å²) in [5.41, 5.74) is 1.03. The van der Waals surface area contributed by atoms with Crippen molar-refractivity contribution in [3.8, 4) is 11.5 Å². The van der Waals surface area contributed by atoms with Gasteiger partial charge in [-0.2, -0.15) is 0 Å². The molecule has 1 saturated heterocycles. The van der Waals surface area contributed by atoms with E-state index in [1.807, 2.05) is 23.1 Å². The lowest BCUT2D eigenvalue weighted by Crippen LogP contribution is -2.28. The van der Waals surface area contributed by atoms with Crippen LogP contribution in [0.5, 0.6) is 11.5 Å². The molecule has 1 heterocycles. The number of methoxy groups -OCH3 is 2. The number of hydrogen-bond donors (Lipinski definition) is 0. The van der Waals surface area contributed by atoms with Crippen LogP contribution in [0.25, 0.3) is 0 Å². The molecular formula is C14H19NO3. The van der Waals surface area contributed by atoms with E-state index in [0.29, 0.717) is 0 Å². The fourth-order valence-corrected chi connectivity index (χ4v) is 2.57. The molecule has 0 spiro atoms. The van der Waals surface area contributed by atoms with Gasteiger partial charge in [-0.25, -0.2) is 0 Å². The quantitative estimate of drug-likeness (QED) is 0.825. The first-order valence-electron chi connectivity index (χ1n) is 6.16. The van der Waals surface area contributed by atoms with E-state index in [-0.39, 0.29) is 11.9 Å². The predicted molar refractivity (Wildman–Crippen MR) is 68.9 cm³/mol. The van der Waals surface area contributed by atoms with E-state index >= 15 is 0 Å². The highest BCUT2D eigenvalue weighted by Crippen LogP contribution is 2.38. The smallest absolute Gasteiger partial charge is 0.219 e. The van der Waals surface area contributed by atoms with Gasteiger partial charge in [-0.1, -0.05) is 0 Å². The number of carbonyl (C=O) groups is 1. The average Bonchev–Trinajstić information content (AvgIpc) is 2.87. The zero-order chi connectivity index (χ0) is 13.1. The molecule has 1 aliphatic rings. The molecule has 1 aromatic rings. The summed E-state index contributed by atoms with van der Waals surface area (Å²) in [6.07, 6.45) is 2.01. The van der Waals surface area contributed by atoms with E-state index in [9.17, 15) is 4.79 Å². The maximum Gasteiger partial charge on any atom is 0.219 e. The first-order valence-corrected chi connectivity index (χ1v) is 6.16. The molecule has 1 amide bonds. The maximum atomic E-state index is 11.6. The Hall–Kier alpha value is -1.71. The third-order valence-corrected chi connectivity index (χ3v) is 3.45. The largest absolute Gasteiger partial charge is 0.497 e. The molecule has 4 heteroatoms. The molecule has 4 nitrogen and oxygen atoms in total. The number of ether oxygens (including phenoxy) is 2. The third kappa shape index (κ3) is 2.28. The molecule has 1 aromatic carbocycles. The van der Waals surface area contributed by atoms with E-state index in [4.69, 9.17) is 9.47 Å². The van der Waals surface area contributed by atoms with Crippen molar-refractivity contribution in [3.63, 3.8) is 0 Å². The van der Waals surface area contributed by atoms with Gasteiger partial charge in [-0.3, -0.25) is 4.79 Å². The van der Waals surface area contributed by atoms with Gasteiger partial charge in [-0.15, -0.1) is 0 Å². The second-order valence-electron chi connectivity index (χ2n) is 4.48. The Morgan fingerprint density at radius 1 is 1.33 bits per heavy atom.